The summed E-state index contributed by atoms with van der Waals surface area (Å²) in [6, 6.07) is 4.74. The number of aromatic nitrogens is 2. The van der Waals surface area contributed by atoms with E-state index in [0.717, 1.165) is 0 Å². The van der Waals surface area contributed by atoms with Crippen molar-refractivity contribution in [3.63, 3.8) is 0 Å². The Labute approximate surface area is 118 Å². The van der Waals surface area contributed by atoms with Crippen molar-refractivity contribution in [3.8, 4) is 0 Å². The minimum Gasteiger partial charge on any atom is -0.294 e. The van der Waals surface area contributed by atoms with Crippen molar-refractivity contribution in [3.05, 3.63) is 40.6 Å². The highest BCUT2D eigenvalue weighted by Gasteiger charge is 2.18. The monoisotopic (exact) mass is 343 g/mol. The fourth-order valence-corrected chi connectivity index (χ4v) is 2.83. The summed E-state index contributed by atoms with van der Waals surface area (Å²) < 4.78 is 27.1. The van der Waals surface area contributed by atoms with Crippen LogP contribution in [0, 0.1) is 0 Å². The van der Waals surface area contributed by atoms with Gasteiger partial charge in [-0.3, -0.25) is 14.6 Å². The van der Waals surface area contributed by atoms with Crippen LogP contribution in [0.5, 0.6) is 0 Å². The van der Waals surface area contributed by atoms with Crippen molar-refractivity contribution in [1.82, 2.24) is 10.2 Å². The summed E-state index contributed by atoms with van der Waals surface area (Å²) in [7, 11) is -3.75. The van der Waals surface area contributed by atoms with Crippen LogP contribution in [0.2, 0.25) is 0 Å². The van der Waals surface area contributed by atoms with Gasteiger partial charge in [-0.2, -0.15) is 5.10 Å². The summed E-state index contributed by atoms with van der Waals surface area (Å²) in [6.07, 6.45) is 2.45. The molecule has 0 amide bonds. The van der Waals surface area contributed by atoms with Gasteiger partial charge in [0.2, 0.25) is 0 Å². The molecule has 1 aromatic heterocycles. The van der Waals surface area contributed by atoms with Crippen LogP contribution in [0.4, 0.5) is 5.69 Å². The van der Waals surface area contributed by atoms with E-state index in [4.69, 9.17) is 0 Å². The van der Waals surface area contributed by atoms with E-state index in [2.05, 4.69) is 30.8 Å². The number of rotatable bonds is 4. The number of nitrogens with one attached hydrogen (secondary N) is 2. The standard InChI is InChI=1S/C11H10BrN3O3S/c1-7(16)10-4-8(12)2-3-11(10)15-19(17,18)9-5-13-14-6-9/h2-6,15H,1H3,(H,13,14). The first-order valence-corrected chi connectivity index (χ1v) is 7.50. The summed E-state index contributed by atoms with van der Waals surface area (Å²) in [5.41, 5.74) is 0.526. The Bertz CT molecular complexity index is 711. The second kappa shape index (κ2) is 5.14. The van der Waals surface area contributed by atoms with Crippen molar-refractivity contribution >= 4 is 37.4 Å². The molecule has 0 saturated heterocycles. The summed E-state index contributed by atoms with van der Waals surface area (Å²) >= 11 is 3.24. The van der Waals surface area contributed by atoms with E-state index in [1.807, 2.05) is 0 Å². The average Bonchev–Trinajstić information content (AvgIpc) is 2.85. The highest BCUT2D eigenvalue weighted by Crippen LogP contribution is 2.24. The maximum Gasteiger partial charge on any atom is 0.265 e. The number of carbonyl (C=O) groups is 1. The van der Waals surface area contributed by atoms with Gasteiger partial charge in [0.25, 0.3) is 10.0 Å². The van der Waals surface area contributed by atoms with Gasteiger partial charge in [0.15, 0.2) is 5.78 Å². The number of carbonyl (C=O) groups excluding carboxylic acids is 1. The number of Topliss-reactive ketones (excluding diaryl/α,β-unsaturated/α-hetero) is 1. The number of hydrogen-bond acceptors (Lipinski definition) is 4. The topological polar surface area (TPSA) is 91.9 Å². The van der Waals surface area contributed by atoms with Crippen LogP contribution < -0.4 is 4.72 Å². The van der Waals surface area contributed by atoms with Crippen LogP contribution >= 0.6 is 15.9 Å². The fourth-order valence-electron chi connectivity index (χ4n) is 1.49. The lowest BCUT2D eigenvalue weighted by atomic mass is 10.1. The number of sulfonamides is 1. The lowest BCUT2D eigenvalue weighted by Gasteiger charge is -2.10. The molecule has 0 bridgehead atoms. The molecule has 0 aliphatic carbocycles. The van der Waals surface area contributed by atoms with E-state index in [0.29, 0.717) is 10.0 Å². The highest BCUT2D eigenvalue weighted by molar-refractivity contribution is 9.10. The predicted molar refractivity (Wildman–Crippen MR) is 73.5 cm³/mol. The maximum atomic E-state index is 12.0. The predicted octanol–water partition coefficient (Wildman–Crippen LogP) is 2.18. The van der Waals surface area contributed by atoms with Gasteiger partial charge >= 0.3 is 0 Å². The minimum absolute atomic E-state index is 0.00456. The zero-order chi connectivity index (χ0) is 14.0. The van der Waals surface area contributed by atoms with Crippen molar-refractivity contribution in [1.29, 1.82) is 0 Å². The number of H-pyrrole nitrogens is 1. The Kier molecular flexibility index (Phi) is 3.72. The van der Waals surface area contributed by atoms with E-state index in [9.17, 15) is 13.2 Å². The number of aromatic amines is 1. The third kappa shape index (κ3) is 3.02. The molecule has 0 radical (unpaired) electrons. The Morgan fingerprint density at radius 2 is 2.16 bits per heavy atom. The molecule has 8 heteroatoms. The second-order valence-electron chi connectivity index (χ2n) is 3.79. The van der Waals surface area contributed by atoms with Crippen LogP contribution in [-0.2, 0) is 10.0 Å². The largest absolute Gasteiger partial charge is 0.294 e. The molecule has 2 N–H and O–H groups in total. The number of hydrogen-bond donors (Lipinski definition) is 2. The molecule has 0 atom stereocenters. The first-order chi connectivity index (χ1) is 8.90. The zero-order valence-corrected chi connectivity index (χ0v) is 12.2. The molecule has 2 rings (SSSR count). The lowest BCUT2D eigenvalue weighted by molar-refractivity contribution is 0.101. The summed E-state index contributed by atoms with van der Waals surface area (Å²) in [6.45, 7) is 1.37. The molecule has 1 heterocycles. The zero-order valence-electron chi connectivity index (χ0n) is 9.84. The smallest absolute Gasteiger partial charge is 0.265 e. The molecular weight excluding hydrogens is 334 g/mol. The second-order valence-corrected chi connectivity index (χ2v) is 6.38. The van der Waals surface area contributed by atoms with Gasteiger partial charge in [0.1, 0.15) is 4.90 Å². The van der Waals surface area contributed by atoms with Gasteiger partial charge in [-0.05, 0) is 25.1 Å². The number of ketones is 1. The lowest BCUT2D eigenvalue weighted by Crippen LogP contribution is -2.14. The molecule has 1 aromatic carbocycles. The molecule has 2 aromatic rings. The average molecular weight is 344 g/mol. The number of halogens is 1. The van der Waals surface area contributed by atoms with E-state index in [-0.39, 0.29) is 16.4 Å². The number of nitrogens with zero attached hydrogens (tertiary/aromatic N) is 1. The number of anilines is 1. The number of benzene rings is 1. The van der Waals surface area contributed by atoms with Crippen LogP contribution in [0.1, 0.15) is 17.3 Å². The van der Waals surface area contributed by atoms with E-state index >= 15 is 0 Å². The van der Waals surface area contributed by atoms with Crippen LogP contribution in [0.15, 0.2) is 40.0 Å². The summed E-state index contributed by atoms with van der Waals surface area (Å²) in [5, 5.41) is 6.01. The summed E-state index contributed by atoms with van der Waals surface area (Å²) in [5.74, 6) is -0.230. The first-order valence-electron chi connectivity index (χ1n) is 5.22. The molecule has 0 aliphatic rings. The van der Waals surface area contributed by atoms with E-state index in [1.165, 1.54) is 25.4 Å². The Morgan fingerprint density at radius 1 is 1.42 bits per heavy atom. The Hall–Kier alpha value is -1.67. The van der Waals surface area contributed by atoms with Gasteiger partial charge in [-0.25, -0.2) is 8.42 Å². The van der Waals surface area contributed by atoms with Crippen molar-refractivity contribution < 1.29 is 13.2 Å². The molecule has 0 saturated carbocycles. The maximum absolute atomic E-state index is 12.0. The first kappa shape index (κ1) is 13.8. The van der Waals surface area contributed by atoms with Gasteiger partial charge in [0.05, 0.1) is 11.9 Å². The molecule has 0 aliphatic heterocycles. The summed E-state index contributed by atoms with van der Waals surface area (Å²) in [4.78, 5) is 11.5. The highest BCUT2D eigenvalue weighted by atomic mass is 79.9. The van der Waals surface area contributed by atoms with Crippen LogP contribution in [0.3, 0.4) is 0 Å². The molecule has 19 heavy (non-hydrogen) atoms. The van der Waals surface area contributed by atoms with E-state index < -0.39 is 10.0 Å². The minimum atomic E-state index is -3.75. The van der Waals surface area contributed by atoms with Gasteiger partial charge in [-0.1, -0.05) is 15.9 Å². The van der Waals surface area contributed by atoms with Gasteiger partial charge in [0, 0.05) is 16.2 Å². The quantitative estimate of drug-likeness (QED) is 0.832. The van der Waals surface area contributed by atoms with Crippen molar-refractivity contribution in [2.75, 3.05) is 4.72 Å². The normalized spacial score (nSPS) is 11.3. The third-order valence-electron chi connectivity index (χ3n) is 2.39. The Balaban J connectivity index is 2.42. The van der Waals surface area contributed by atoms with Crippen molar-refractivity contribution in [2.24, 2.45) is 0 Å². The van der Waals surface area contributed by atoms with Crippen LogP contribution in [0.25, 0.3) is 0 Å². The molecule has 100 valence electrons. The van der Waals surface area contributed by atoms with Crippen LogP contribution in [-0.4, -0.2) is 24.4 Å². The van der Waals surface area contributed by atoms with E-state index in [1.54, 1.807) is 12.1 Å². The Morgan fingerprint density at radius 3 is 2.74 bits per heavy atom. The molecule has 0 spiro atoms. The molecule has 6 nitrogen and oxygen atoms in total. The third-order valence-corrected chi connectivity index (χ3v) is 4.21. The van der Waals surface area contributed by atoms with Gasteiger partial charge in [-0.15, -0.1) is 0 Å². The van der Waals surface area contributed by atoms with Crippen molar-refractivity contribution in [2.45, 2.75) is 11.8 Å². The SMILES string of the molecule is CC(=O)c1cc(Br)ccc1NS(=O)(=O)c1cn[nH]c1. The fraction of sp³-hybridized carbons (Fsp3) is 0.0909. The van der Waals surface area contributed by atoms with Gasteiger partial charge < -0.3 is 0 Å². The molecule has 0 unspecified atom stereocenters. The molecule has 0 fully saturated rings. The molecular formula is C11H10BrN3O3S.